The number of methoxy groups -OCH3 is 1. The van der Waals surface area contributed by atoms with Crippen molar-refractivity contribution in [2.45, 2.75) is 11.6 Å². The van der Waals surface area contributed by atoms with Crippen LogP contribution in [0.4, 0.5) is 5.13 Å². The number of thioether (sulfide) groups is 1. The number of hydrogen-bond donors (Lipinski definition) is 2. The minimum Gasteiger partial charge on any atom is -0.497 e. The maximum absolute atomic E-state index is 12.4. The zero-order chi connectivity index (χ0) is 23.3. The summed E-state index contributed by atoms with van der Waals surface area (Å²) in [5.41, 5.74) is 3.18. The highest BCUT2D eigenvalue weighted by Crippen LogP contribution is 2.33. The van der Waals surface area contributed by atoms with Crippen LogP contribution < -0.4 is 10.1 Å². The van der Waals surface area contributed by atoms with Gasteiger partial charge in [0.25, 0.3) is 0 Å². The van der Waals surface area contributed by atoms with Gasteiger partial charge in [-0.1, -0.05) is 11.8 Å². The number of thiazole rings is 1. The summed E-state index contributed by atoms with van der Waals surface area (Å²) >= 11 is 2.85. The van der Waals surface area contributed by atoms with Crippen molar-refractivity contribution in [2.75, 3.05) is 18.2 Å². The Bertz CT molecular complexity index is 1300. The summed E-state index contributed by atoms with van der Waals surface area (Å²) in [6.45, 7) is 0. The molecule has 2 N–H and O–H groups in total. The van der Waals surface area contributed by atoms with Gasteiger partial charge in [-0.3, -0.25) is 4.79 Å². The number of imidazole rings is 1. The van der Waals surface area contributed by atoms with Crippen LogP contribution in [-0.4, -0.2) is 33.7 Å². The Labute approximate surface area is 203 Å². The maximum Gasteiger partial charge on any atom is 0.226 e. The fourth-order valence-corrected chi connectivity index (χ4v) is 4.81. The molecule has 0 bridgehead atoms. The molecule has 0 aliphatic rings. The number of aromatic amines is 1. The number of benzene rings is 1. The van der Waals surface area contributed by atoms with Gasteiger partial charge < -0.3 is 23.9 Å². The fraction of sp³-hybridized carbons (Fsp3) is 0.125. The van der Waals surface area contributed by atoms with Crippen molar-refractivity contribution in [2.24, 2.45) is 0 Å². The van der Waals surface area contributed by atoms with Crippen LogP contribution in [0, 0.1) is 0 Å². The van der Waals surface area contributed by atoms with Crippen LogP contribution in [0.25, 0.3) is 34.2 Å². The van der Waals surface area contributed by atoms with Crippen LogP contribution in [-0.2, 0) is 4.79 Å². The van der Waals surface area contributed by atoms with E-state index in [-0.39, 0.29) is 5.91 Å². The molecule has 4 heterocycles. The first-order valence-corrected chi connectivity index (χ1v) is 12.3. The summed E-state index contributed by atoms with van der Waals surface area (Å²) in [6.07, 6.45) is 3.53. The molecular weight excluding hydrogens is 472 g/mol. The number of nitrogens with zero attached hydrogens (tertiary/aromatic N) is 2. The number of carbonyl (C=O) groups excluding carboxylic acids is 1. The highest BCUT2D eigenvalue weighted by atomic mass is 32.2. The molecule has 10 heteroatoms. The topological polar surface area (TPSA) is 106 Å². The number of H-pyrrole nitrogens is 1. The molecule has 0 atom stereocenters. The van der Waals surface area contributed by atoms with Gasteiger partial charge in [-0.25, -0.2) is 9.97 Å². The van der Waals surface area contributed by atoms with E-state index in [0.29, 0.717) is 39.7 Å². The van der Waals surface area contributed by atoms with Crippen molar-refractivity contribution in [1.29, 1.82) is 0 Å². The molecule has 172 valence electrons. The molecule has 8 nitrogen and oxygen atoms in total. The number of ether oxygens (including phenoxy) is 1. The van der Waals surface area contributed by atoms with Gasteiger partial charge in [-0.15, -0.1) is 11.3 Å². The molecule has 0 aliphatic carbocycles. The molecule has 1 amide bonds. The quantitative estimate of drug-likeness (QED) is 0.237. The number of aromatic nitrogens is 3. The second-order valence-corrected chi connectivity index (χ2v) is 9.07. The molecule has 0 saturated carbocycles. The van der Waals surface area contributed by atoms with Crippen LogP contribution >= 0.6 is 23.1 Å². The number of rotatable bonds is 9. The van der Waals surface area contributed by atoms with Gasteiger partial charge >= 0.3 is 0 Å². The van der Waals surface area contributed by atoms with Crippen molar-refractivity contribution in [3.8, 4) is 39.9 Å². The van der Waals surface area contributed by atoms with Gasteiger partial charge in [0.15, 0.2) is 21.8 Å². The van der Waals surface area contributed by atoms with E-state index in [0.717, 1.165) is 22.7 Å². The van der Waals surface area contributed by atoms with Gasteiger partial charge in [0.2, 0.25) is 5.91 Å². The fourth-order valence-electron chi connectivity index (χ4n) is 3.26. The summed E-state index contributed by atoms with van der Waals surface area (Å²) in [4.78, 5) is 24.9. The molecular formula is C24H20N4O4S2. The van der Waals surface area contributed by atoms with Crippen molar-refractivity contribution >= 4 is 34.1 Å². The predicted molar refractivity (Wildman–Crippen MR) is 132 cm³/mol. The normalized spacial score (nSPS) is 11.0. The number of hydrogen-bond acceptors (Lipinski definition) is 8. The van der Waals surface area contributed by atoms with Crippen molar-refractivity contribution in [3.05, 3.63) is 66.4 Å². The number of amides is 1. The second-order valence-electron chi connectivity index (χ2n) is 7.13. The third-order valence-electron chi connectivity index (χ3n) is 4.91. The average Bonchev–Trinajstić information content (AvgIpc) is 3.66. The highest BCUT2D eigenvalue weighted by molar-refractivity contribution is 7.99. The van der Waals surface area contributed by atoms with Crippen LogP contribution in [0.15, 0.2) is 80.4 Å². The third kappa shape index (κ3) is 4.92. The summed E-state index contributed by atoms with van der Waals surface area (Å²) in [5.74, 6) is 2.54. The monoisotopic (exact) mass is 492 g/mol. The van der Waals surface area contributed by atoms with E-state index in [9.17, 15) is 4.79 Å². The molecule has 1 aromatic carbocycles. The molecule has 0 unspecified atom stereocenters. The Balaban J connectivity index is 1.18. The number of furan rings is 2. The Morgan fingerprint density at radius 1 is 1.09 bits per heavy atom. The van der Waals surface area contributed by atoms with E-state index in [1.807, 2.05) is 53.9 Å². The van der Waals surface area contributed by atoms with Gasteiger partial charge in [-0.05, 0) is 48.5 Å². The van der Waals surface area contributed by atoms with E-state index < -0.39 is 0 Å². The second kappa shape index (κ2) is 10.0. The molecule has 0 spiro atoms. The van der Waals surface area contributed by atoms with E-state index >= 15 is 0 Å². The first kappa shape index (κ1) is 22.1. The Kier molecular flexibility index (Phi) is 6.50. The minimum atomic E-state index is -0.104. The zero-order valence-electron chi connectivity index (χ0n) is 18.1. The van der Waals surface area contributed by atoms with Crippen LogP contribution in [0.5, 0.6) is 5.75 Å². The van der Waals surface area contributed by atoms with Crippen LogP contribution in [0.3, 0.4) is 0 Å². The number of carbonyl (C=O) groups is 1. The largest absolute Gasteiger partial charge is 0.497 e. The van der Waals surface area contributed by atoms with Gasteiger partial charge in [0, 0.05) is 23.1 Å². The van der Waals surface area contributed by atoms with Crippen LogP contribution in [0.1, 0.15) is 6.42 Å². The van der Waals surface area contributed by atoms with E-state index in [2.05, 4.69) is 20.3 Å². The van der Waals surface area contributed by atoms with E-state index in [1.54, 1.807) is 19.6 Å². The van der Waals surface area contributed by atoms with Gasteiger partial charge in [0.1, 0.15) is 17.1 Å². The first-order chi connectivity index (χ1) is 16.7. The molecule has 5 rings (SSSR count). The summed E-state index contributed by atoms with van der Waals surface area (Å²) < 4.78 is 16.2. The molecule has 34 heavy (non-hydrogen) atoms. The highest BCUT2D eigenvalue weighted by Gasteiger charge is 2.18. The van der Waals surface area contributed by atoms with E-state index in [1.165, 1.54) is 23.1 Å². The smallest absolute Gasteiger partial charge is 0.226 e. The molecule has 0 saturated heterocycles. The lowest BCUT2D eigenvalue weighted by Gasteiger charge is -2.02. The molecule has 0 fully saturated rings. The van der Waals surface area contributed by atoms with Crippen molar-refractivity contribution in [3.63, 3.8) is 0 Å². The SMILES string of the molecule is COc1ccc(-c2csc(NC(=O)CCSc3nc(-c4ccco4)c(-c4ccco4)[nH]3)n2)cc1. The van der Waals surface area contributed by atoms with E-state index in [4.69, 9.17) is 13.6 Å². The number of anilines is 1. The summed E-state index contributed by atoms with van der Waals surface area (Å²) in [6, 6.07) is 15.0. The third-order valence-corrected chi connectivity index (χ3v) is 6.54. The lowest BCUT2D eigenvalue weighted by molar-refractivity contribution is -0.115. The van der Waals surface area contributed by atoms with Crippen molar-refractivity contribution in [1.82, 2.24) is 15.0 Å². The molecule has 5 aromatic rings. The minimum absolute atomic E-state index is 0.104. The average molecular weight is 493 g/mol. The van der Waals surface area contributed by atoms with Crippen molar-refractivity contribution < 1.29 is 18.4 Å². The molecule has 4 aromatic heterocycles. The van der Waals surface area contributed by atoms with Gasteiger partial charge in [-0.2, -0.15) is 0 Å². The lowest BCUT2D eigenvalue weighted by Crippen LogP contribution is -2.12. The summed E-state index contributed by atoms with van der Waals surface area (Å²) in [5, 5.41) is 6.04. The maximum atomic E-state index is 12.4. The number of nitrogens with one attached hydrogen (secondary N) is 2. The predicted octanol–water partition coefficient (Wildman–Crippen LogP) is 6.18. The first-order valence-electron chi connectivity index (χ1n) is 10.4. The zero-order valence-corrected chi connectivity index (χ0v) is 19.7. The van der Waals surface area contributed by atoms with Crippen LogP contribution in [0.2, 0.25) is 0 Å². The molecule has 0 aliphatic heterocycles. The van der Waals surface area contributed by atoms with Gasteiger partial charge in [0.05, 0.1) is 25.3 Å². The summed E-state index contributed by atoms with van der Waals surface area (Å²) in [7, 11) is 1.63. The molecule has 0 radical (unpaired) electrons. The standard InChI is InChI=1S/C24H20N4O4S2/c1-30-16-8-6-15(7-9-16)17-14-34-23(25-17)26-20(29)10-13-33-24-27-21(18-4-2-11-31-18)22(28-24)19-5-3-12-32-19/h2-9,11-12,14H,10,13H2,1H3,(H,27,28)(H,25,26,29). The Morgan fingerprint density at radius 2 is 1.85 bits per heavy atom. The Hall–Kier alpha value is -3.76. The Morgan fingerprint density at radius 3 is 2.56 bits per heavy atom. The lowest BCUT2D eigenvalue weighted by atomic mass is 10.2.